The molecule has 1 aromatic heterocycles. The quantitative estimate of drug-likeness (QED) is 0.249. The van der Waals surface area contributed by atoms with Crippen LogP contribution in [0.2, 0.25) is 0 Å². The van der Waals surface area contributed by atoms with Crippen LogP contribution in [0.25, 0.3) is 11.1 Å². The summed E-state index contributed by atoms with van der Waals surface area (Å²) in [7, 11) is 0. The Bertz CT molecular complexity index is 970. The van der Waals surface area contributed by atoms with Gasteiger partial charge >= 0.3 is 0 Å². The molecule has 1 nitrogen and oxygen atoms in total. The van der Waals surface area contributed by atoms with Gasteiger partial charge in [-0.1, -0.05) is 72.3 Å². The Morgan fingerprint density at radius 2 is 1.38 bits per heavy atom. The molecule has 166 valence electrons. The average molecular weight is 424 g/mol. The van der Waals surface area contributed by atoms with Crippen molar-refractivity contribution in [1.82, 2.24) is 4.98 Å². The molecule has 32 heavy (non-hydrogen) atoms. The van der Waals surface area contributed by atoms with Crippen molar-refractivity contribution in [2.75, 3.05) is 0 Å². The SMILES string of the molecule is C=C1CCC(CCc2ccc(CCCCc3ccc(-c4ccc(C)cc4)cc3)nc2)CC1. The third-order valence-electron chi connectivity index (χ3n) is 7.03. The summed E-state index contributed by atoms with van der Waals surface area (Å²) >= 11 is 0. The van der Waals surface area contributed by atoms with E-state index in [1.54, 1.807) is 0 Å². The predicted molar refractivity (Wildman–Crippen MR) is 137 cm³/mol. The first kappa shape index (κ1) is 22.5. The van der Waals surface area contributed by atoms with E-state index >= 15 is 0 Å². The van der Waals surface area contributed by atoms with E-state index in [0.717, 1.165) is 18.8 Å². The second-order valence-corrected chi connectivity index (χ2v) is 9.66. The third kappa shape index (κ3) is 6.66. The molecule has 1 saturated carbocycles. The summed E-state index contributed by atoms with van der Waals surface area (Å²) in [6.45, 7) is 6.26. The standard InChI is InChI=1S/C31H37N/c1-24-7-11-27(12-8-24)13-14-28-17-22-31(32-23-28)6-4-3-5-26-15-20-30(21-16-26)29-18-9-25(2)10-19-29/h9-10,15-23,27H,1,3-8,11-14H2,2H3. The van der Waals surface area contributed by atoms with Crippen LogP contribution in [0.5, 0.6) is 0 Å². The highest BCUT2D eigenvalue weighted by Gasteiger charge is 2.15. The van der Waals surface area contributed by atoms with Gasteiger partial charge in [0.15, 0.2) is 0 Å². The summed E-state index contributed by atoms with van der Waals surface area (Å²) in [4.78, 5) is 4.74. The van der Waals surface area contributed by atoms with Crippen molar-refractivity contribution in [3.05, 3.63) is 101 Å². The number of allylic oxidation sites excluding steroid dienone is 1. The maximum Gasteiger partial charge on any atom is 0.0403 e. The fourth-order valence-electron chi connectivity index (χ4n) is 4.74. The summed E-state index contributed by atoms with van der Waals surface area (Å²) in [5, 5.41) is 0. The number of hydrogen-bond donors (Lipinski definition) is 0. The number of nitrogens with zero attached hydrogens (tertiary/aromatic N) is 1. The minimum absolute atomic E-state index is 0.881. The first-order valence-electron chi connectivity index (χ1n) is 12.4. The Kier molecular flexibility index (Phi) is 7.93. The summed E-state index contributed by atoms with van der Waals surface area (Å²) in [5.41, 5.74) is 9.40. The second-order valence-electron chi connectivity index (χ2n) is 9.66. The van der Waals surface area contributed by atoms with E-state index in [2.05, 4.69) is 80.4 Å². The van der Waals surface area contributed by atoms with Crippen molar-refractivity contribution in [2.45, 2.75) is 71.1 Å². The zero-order chi connectivity index (χ0) is 22.2. The Hall–Kier alpha value is -2.67. The molecular formula is C31H37N. The molecule has 2 aromatic carbocycles. The average Bonchev–Trinajstić information content (AvgIpc) is 2.83. The van der Waals surface area contributed by atoms with Gasteiger partial charge in [0.1, 0.15) is 0 Å². The molecule has 0 N–H and O–H groups in total. The van der Waals surface area contributed by atoms with E-state index in [4.69, 9.17) is 4.98 Å². The summed E-state index contributed by atoms with van der Waals surface area (Å²) in [5.74, 6) is 0.881. The lowest BCUT2D eigenvalue weighted by Crippen LogP contribution is -2.08. The minimum Gasteiger partial charge on any atom is -0.261 e. The largest absolute Gasteiger partial charge is 0.261 e. The molecule has 0 atom stereocenters. The minimum atomic E-state index is 0.881. The molecule has 1 aliphatic rings. The first-order valence-corrected chi connectivity index (χ1v) is 12.4. The van der Waals surface area contributed by atoms with Gasteiger partial charge in [0.25, 0.3) is 0 Å². The second kappa shape index (κ2) is 11.3. The summed E-state index contributed by atoms with van der Waals surface area (Å²) in [6, 6.07) is 22.4. The van der Waals surface area contributed by atoms with Gasteiger partial charge in [-0.2, -0.15) is 0 Å². The van der Waals surface area contributed by atoms with E-state index in [9.17, 15) is 0 Å². The van der Waals surface area contributed by atoms with Crippen LogP contribution in [0.4, 0.5) is 0 Å². The molecule has 4 rings (SSSR count). The highest BCUT2D eigenvalue weighted by atomic mass is 14.7. The molecule has 0 unspecified atom stereocenters. The molecule has 0 spiro atoms. The number of aryl methyl sites for hydroxylation is 4. The zero-order valence-electron chi connectivity index (χ0n) is 19.7. The van der Waals surface area contributed by atoms with Crippen molar-refractivity contribution in [1.29, 1.82) is 0 Å². The first-order chi connectivity index (χ1) is 15.7. The summed E-state index contributed by atoms with van der Waals surface area (Å²) in [6.07, 6.45) is 14.3. The Labute approximate surface area is 194 Å². The van der Waals surface area contributed by atoms with Crippen LogP contribution in [0.15, 0.2) is 79.0 Å². The normalized spacial score (nSPS) is 14.6. The molecule has 0 radical (unpaired) electrons. The zero-order valence-corrected chi connectivity index (χ0v) is 19.7. The van der Waals surface area contributed by atoms with Gasteiger partial charge in [-0.3, -0.25) is 4.98 Å². The van der Waals surface area contributed by atoms with E-state index in [0.29, 0.717) is 0 Å². The van der Waals surface area contributed by atoms with E-state index < -0.39 is 0 Å². The lowest BCUT2D eigenvalue weighted by atomic mass is 9.83. The van der Waals surface area contributed by atoms with Crippen molar-refractivity contribution in [3.8, 4) is 11.1 Å². The third-order valence-corrected chi connectivity index (χ3v) is 7.03. The monoisotopic (exact) mass is 423 g/mol. The van der Waals surface area contributed by atoms with Gasteiger partial charge in [0.2, 0.25) is 0 Å². The van der Waals surface area contributed by atoms with Crippen LogP contribution < -0.4 is 0 Å². The van der Waals surface area contributed by atoms with Crippen molar-refractivity contribution < 1.29 is 0 Å². The number of unbranched alkanes of at least 4 members (excludes halogenated alkanes) is 1. The molecule has 1 heteroatoms. The van der Waals surface area contributed by atoms with Crippen LogP contribution in [0.3, 0.4) is 0 Å². The van der Waals surface area contributed by atoms with E-state index in [-0.39, 0.29) is 0 Å². The lowest BCUT2D eigenvalue weighted by Gasteiger charge is -2.23. The Morgan fingerprint density at radius 3 is 2.03 bits per heavy atom. The number of hydrogen-bond acceptors (Lipinski definition) is 1. The maximum absolute atomic E-state index is 4.74. The number of benzene rings is 2. The predicted octanol–water partition coefficient (Wildman–Crippen LogP) is 8.30. The molecule has 1 heterocycles. The number of aromatic nitrogens is 1. The van der Waals surface area contributed by atoms with Gasteiger partial charge in [-0.25, -0.2) is 0 Å². The highest BCUT2D eigenvalue weighted by molar-refractivity contribution is 5.63. The van der Waals surface area contributed by atoms with Gasteiger partial charge in [-0.15, -0.1) is 0 Å². The van der Waals surface area contributed by atoms with Gasteiger partial charge in [-0.05, 0) is 105 Å². The van der Waals surface area contributed by atoms with Crippen LogP contribution in [0, 0.1) is 12.8 Å². The number of pyridine rings is 1. The molecule has 0 amide bonds. The molecule has 0 aliphatic heterocycles. The summed E-state index contributed by atoms with van der Waals surface area (Å²) < 4.78 is 0. The Balaban J connectivity index is 1.16. The molecule has 1 aliphatic carbocycles. The van der Waals surface area contributed by atoms with Gasteiger partial charge in [0, 0.05) is 11.9 Å². The molecule has 1 fully saturated rings. The highest BCUT2D eigenvalue weighted by Crippen LogP contribution is 2.30. The van der Waals surface area contributed by atoms with Gasteiger partial charge < -0.3 is 0 Å². The fourth-order valence-corrected chi connectivity index (χ4v) is 4.74. The van der Waals surface area contributed by atoms with E-state index in [1.165, 1.54) is 90.5 Å². The maximum atomic E-state index is 4.74. The van der Waals surface area contributed by atoms with Crippen molar-refractivity contribution in [2.24, 2.45) is 5.92 Å². The Morgan fingerprint density at radius 1 is 0.750 bits per heavy atom. The van der Waals surface area contributed by atoms with Gasteiger partial charge in [0.05, 0.1) is 0 Å². The topological polar surface area (TPSA) is 12.9 Å². The molecule has 0 saturated heterocycles. The molecule has 3 aromatic rings. The van der Waals surface area contributed by atoms with E-state index in [1.807, 2.05) is 0 Å². The molecule has 0 bridgehead atoms. The van der Waals surface area contributed by atoms with Crippen LogP contribution >= 0.6 is 0 Å². The number of rotatable bonds is 9. The van der Waals surface area contributed by atoms with Crippen molar-refractivity contribution in [3.63, 3.8) is 0 Å². The van der Waals surface area contributed by atoms with Crippen LogP contribution in [0.1, 0.15) is 67.3 Å². The smallest absolute Gasteiger partial charge is 0.0403 e. The van der Waals surface area contributed by atoms with Crippen LogP contribution in [-0.4, -0.2) is 4.98 Å². The van der Waals surface area contributed by atoms with Crippen molar-refractivity contribution >= 4 is 0 Å². The molecular weight excluding hydrogens is 386 g/mol. The van der Waals surface area contributed by atoms with Crippen LogP contribution in [-0.2, 0) is 19.3 Å². The fraction of sp³-hybridized carbons (Fsp3) is 0.387. The lowest BCUT2D eigenvalue weighted by molar-refractivity contribution is 0.384.